The van der Waals surface area contributed by atoms with Crippen LogP contribution in [-0.4, -0.2) is 46.5 Å². The molecule has 0 aliphatic carbocycles. The maximum Gasteiger partial charge on any atom is 0.275 e. The fourth-order valence-corrected chi connectivity index (χ4v) is 3.56. The highest BCUT2D eigenvalue weighted by Crippen LogP contribution is 2.22. The Labute approximate surface area is 154 Å². The molecule has 1 aliphatic heterocycles. The Bertz CT molecular complexity index is 755. The largest absolute Gasteiger partial charge is 0.356 e. The summed E-state index contributed by atoms with van der Waals surface area (Å²) in [4.78, 5) is 27.1. The summed E-state index contributed by atoms with van der Waals surface area (Å²) in [6.07, 6.45) is 6.26. The number of para-hydroxylation sites is 1. The van der Waals surface area contributed by atoms with Gasteiger partial charge in [0.05, 0.1) is 11.4 Å². The third-order valence-corrected chi connectivity index (χ3v) is 5.08. The van der Waals surface area contributed by atoms with Crippen LogP contribution >= 0.6 is 0 Å². The molecule has 6 heteroatoms. The van der Waals surface area contributed by atoms with Gasteiger partial charge in [0.1, 0.15) is 0 Å². The van der Waals surface area contributed by atoms with Gasteiger partial charge in [0.2, 0.25) is 5.91 Å². The van der Waals surface area contributed by atoms with E-state index in [0.29, 0.717) is 18.8 Å². The maximum absolute atomic E-state index is 12.9. The number of amides is 2. The van der Waals surface area contributed by atoms with Crippen molar-refractivity contribution in [2.75, 3.05) is 19.6 Å². The van der Waals surface area contributed by atoms with Gasteiger partial charge in [0.15, 0.2) is 5.69 Å². The molecule has 0 radical (unpaired) electrons. The van der Waals surface area contributed by atoms with E-state index in [0.717, 1.165) is 43.1 Å². The van der Waals surface area contributed by atoms with E-state index in [1.807, 2.05) is 24.3 Å². The number of hydrogen-bond donors (Lipinski definition) is 2. The zero-order valence-electron chi connectivity index (χ0n) is 15.5. The number of carbonyl (C=O) groups excluding carboxylic acids is 2. The van der Waals surface area contributed by atoms with Crippen LogP contribution in [0.4, 0.5) is 0 Å². The zero-order chi connectivity index (χ0) is 18.4. The first-order chi connectivity index (χ1) is 12.7. The number of benzene rings is 1. The van der Waals surface area contributed by atoms with Gasteiger partial charge in [-0.05, 0) is 25.3 Å². The molecule has 1 atom stereocenters. The van der Waals surface area contributed by atoms with E-state index < -0.39 is 0 Å². The molecule has 0 spiro atoms. The molecule has 2 amide bonds. The van der Waals surface area contributed by atoms with E-state index in [2.05, 4.69) is 22.4 Å². The molecule has 2 N–H and O–H groups in total. The van der Waals surface area contributed by atoms with Crippen molar-refractivity contribution in [1.29, 1.82) is 0 Å². The highest BCUT2D eigenvalue weighted by atomic mass is 16.2. The Morgan fingerprint density at radius 3 is 2.96 bits per heavy atom. The molecule has 0 saturated carbocycles. The second kappa shape index (κ2) is 8.83. The van der Waals surface area contributed by atoms with Gasteiger partial charge < -0.3 is 10.2 Å². The van der Waals surface area contributed by atoms with E-state index in [4.69, 9.17) is 0 Å². The van der Waals surface area contributed by atoms with Gasteiger partial charge in [0, 0.05) is 25.0 Å². The lowest BCUT2D eigenvalue weighted by molar-refractivity contribution is -0.126. The highest BCUT2D eigenvalue weighted by molar-refractivity contribution is 6.04. The van der Waals surface area contributed by atoms with Crippen molar-refractivity contribution in [2.45, 2.75) is 45.4 Å². The minimum atomic E-state index is -0.121. The number of likely N-dealkylation sites (tertiary alicyclic amines) is 1. The SMILES string of the molecule is CCCCCCNC(=O)C1CCCN(C(=O)c2n[nH]c3ccccc23)C1. The van der Waals surface area contributed by atoms with E-state index in [9.17, 15) is 9.59 Å². The Hall–Kier alpha value is -2.37. The summed E-state index contributed by atoms with van der Waals surface area (Å²) in [7, 11) is 0. The number of unbranched alkanes of at least 4 members (excludes halogenated alkanes) is 3. The van der Waals surface area contributed by atoms with E-state index in [1.165, 1.54) is 12.8 Å². The maximum atomic E-state index is 12.9. The molecule has 1 aliphatic rings. The lowest BCUT2D eigenvalue weighted by Crippen LogP contribution is -2.45. The van der Waals surface area contributed by atoms with Crippen molar-refractivity contribution in [3.8, 4) is 0 Å². The van der Waals surface area contributed by atoms with Crippen molar-refractivity contribution < 1.29 is 9.59 Å². The fourth-order valence-electron chi connectivity index (χ4n) is 3.56. The predicted molar refractivity (Wildman–Crippen MR) is 102 cm³/mol. The number of rotatable bonds is 7. The molecular formula is C20H28N4O2. The predicted octanol–water partition coefficient (Wildman–Crippen LogP) is 3.11. The first-order valence-electron chi connectivity index (χ1n) is 9.70. The number of hydrogen-bond acceptors (Lipinski definition) is 3. The highest BCUT2D eigenvalue weighted by Gasteiger charge is 2.30. The average Bonchev–Trinajstić information content (AvgIpc) is 3.11. The molecule has 0 bridgehead atoms. The number of carbonyl (C=O) groups is 2. The molecule has 1 unspecified atom stereocenters. The van der Waals surface area contributed by atoms with Crippen LogP contribution in [0.2, 0.25) is 0 Å². The molecule has 1 aromatic heterocycles. The van der Waals surface area contributed by atoms with Gasteiger partial charge in [0.25, 0.3) is 5.91 Å². The van der Waals surface area contributed by atoms with E-state index >= 15 is 0 Å². The minimum absolute atomic E-state index is 0.0749. The molecule has 1 saturated heterocycles. The second-order valence-corrected chi connectivity index (χ2v) is 7.06. The molecule has 1 aromatic carbocycles. The summed E-state index contributed by atoms with van der Waals surface area (Å²) in [5, 5.41) is 11.0. The summed E-state index contributed by atoms with van der Waals surface area (Å²) < 4.78 is 0. The van der Waals surface area contributed by atoms with Gasteiger partial charge in [-0.3, -0.25) is 14.7 Å². The van der Waals surface area contributed by atoms with Gasteiger partial charge in [-0.15, -0.1) is 0 Å². The first kappa shape index (κ1) is 18.4. The molecular weight excluding hydrogens is 328 g/mol. The number of nitrogens with zero attached hydrogens (tertiary/aromatic N) is 2. The number of piperidine rings is 1. The van der Waals surface area contributed by atoms with Gasteiger partial charge >= 0.3 is 0 Å². The lowest BCUT2D eigenvalue weighted by atomic mass is 9.96. The molecule has 140 valence electrons. The van der Waals surface area contributed by atoms with Gasteiger partial charge in [-0.2, -0.15) is 5.10 Å². The van der Waals surface area contributed by atoms with Crippen LogP contribution in [0.1, 0.15) is 55.9 Å². The molecule has 3 rings (SSSR count). The number of H-pyrrole nitrogens is 1. The summed E-state index contributed by atoms with van der Waals surface area (Å²) >= 11 is 0. The van der Waals surface area contributed by atoms with Crippen molar-refractivity contribution in [3.63, 3.8) is 0 Å². The molecule has 2 heterocycles. The third kappa shape index (κ3) is 4.23. The lowest BCUT2D eigenvalue weighted by Gasteiger charge is -2.31. The molecule has 6 nitrogen and oxygen atoms in total. The van der Waals surface area contributed by atoms with Crippen molar-refractivity contribution in [2.24, 2.45) is 5.92 Å². The van der Waals surface area contributed by atoms with Crippen LogP contribution in [0.15, 0.2) is 24.3 Å². The van der Waals surface area contributed by atoms with Crippen LogP contribution < -0.4 is 5.32 Å². The summed E-state index contributed by atoms with van der Waals surface area (Å²) in [5.41, 5.74) is 1.30. The Morgan fingerprint density at radius 1 is 1.27 bits per heavy atom. The Balaban J connectivity index is 1.57. The fraction of sp³-hybridized carbons (Fsp3) is 0.550. The molecule has 2 aromatic rings. The van der Waals surface area contributed by atoms with Crippen molar-refractivity contribution >= 4 is 22.7 Å². The zero-order valence-corrected chi connectivity index (χ0v) is 15.5. The summed E-state index contributed by atoms with van der Waals surface area (Å²) in [6.45, 7) is 4.06. The third-order valence-electron chi connectivity index (χ3n) is 5.08. The van der Waals surface area contributed by atoms with Crippen molar-refractivity contribution in [1.82, 2.24) is 20.4 Å². The number of nitrogens with one attached hydrogen (secondary N) is 2. The van der Waals surface area contributed by atoms with Crippen LogP contribution in [0.3, 0.4) is 0 Å². The number of aromatic amines is 1. The van der Waals surface area contributed by atoms with E-state index in [-0.39, 0.29) is 17.7 Å². The normalized spacial score (nSPS) is 17.4. The van der Waals surface area contributed by atoms with Crippen LogP contribution in [0, 0.1) is 5.92 Å². The van der Waals surface area contributed by atoms with Crippen LogP contribution in [0.25, 0.3) is 10.9 Å². The topological polar surface area (TPSA) is 78.1 Å². The second-order valence-electron chi connectivity index (χ2n) is 7.06. The van der Waals surface area contributed by atoms with Gasteiger partial charge in [-0.1, -0.05) is 44.4 Å². The van der Waals surface area contributed by atoms with Gasteiger partial charge in [-0.25, -0.2) is 0 Å². The average molecular weight is 356 g/mol. The molecule has 26 heavy (non-hydrogen) atoms. The van der Waals surface area contributed by atoms with Crippen LogP contribution in [-0.2, 0) is 4.79 Å². The van der Waals surface area contributed by atoms with Crippen molar-refractivity contribution in [3.05, 3.63) is 30.0 Å². The van der Waals surface area contributed by atoms with Crippen LogP contribution in [0.5, 0.6) is 0 Å². The Morgan fingerprint density at radius 2 is 2.12 bits per heavy atom. The monoisotopic (exact) mass is 356 g/mol. The molecule has 1 fully saturated rings. The van der Waals surface area contributed by atoms with E-state index in [1.54, 1.807) is 4.90 Å². The number of aromatic nitrogens is 2. The number of fused-ring (bicyclic) bond motifs is 1. The first-order valence-corrected chi connectivity index (χ1v) is 9.70. The Kier molecular flexibility index (Phi) is 6.26. The quantitative estimate of drug-likeness (QED) is 0.748. The summed E-state index contributed by atoms with van der Waals surface area (Å²) in [5.74, 6) is -0.141. The standard InChI is InChI=1S/C20H28N4O2/c1-2-3-4-7-12-21-19(25)15-9-8-13-24(14-15)20(26)18-16-10-5-6-11-17(16)22-23-18/h5-6,10-11,15H,2-4,7-9,12-14H2,1H3,(H,21,25)(H,22,23). The minimum Gasteiger partial charge on any atom is -0.356 e. The smallest absolute Gasteiger partial charge is 0.275 e. The summed E-state index contributed by atoms with van der Waals surface area (Å²) in [6, 6.07) is 7.62.